The minimum atomic E-state index is -3.71. The molecule has 0 fully saturated rings. The summed E-state index contributed by atoms with van der Waals surface area (Å²) in [5.74, 6) is -0.403. The molecular weight excluding hydrogens is 464 g/mol. The fourth-order valence-electron chi connectivity index (χ4n) is 3.79. The van der Waals surface area contributed by atoms with Gasteiger partial charge in [0, 0.05) is 24.7 Å². The van der Waals surface area contributed by atoms with Gasteiger partial charge in [-0.15, -0.1) is 0 Å². The van der Waals surface area contributed by atoms with Crippen molar-refractivity contribution in [3.05, 3.63) is 95.1 Å². The van der Waals surface area contributed by atoms with Gasteiger partial charge in [0.05, 0.1) is 17.0 Å². The lowest BCUT2D eigenvalue weighted by atomic mass is 9.98. The third kappa shape index (κ3) is 6.69. The fraction of sp³-hybridized carbons (Fsp3) is 0.296. The number of nitrogens with zero attached hydrogens (tertiary/aromatic N) is 1. The number of hydrogen-bond acceptors (Lipinski definition) is 5. The molecule has 0 aliphatic carbocycles. The summed E-state index contributed by atoms with van der Waals surface area (Å²) in [6.45, 7) is 3.61. The standard InChI is InChI=1S/C27H32N2O5S/c1-19-12-14-22(15-13-19)35(33,34)29(3)17-16-26(31)24(18-21-8-5-4-6-9-21)28-27(32)23-10-7-11-25(30)20(23)2/h4-15,24,26,30-31H,16-18H2,1-3H3,(H,28,32)/t24-,26+/m0/s1. The number of phenolic OH excluding ortho intramolecular Hbond substituents is 1. The third-order valence-electron chi connectivity index (χ3n) is 6.10. The van der Waals surface area contributed by atoms with Crippen LogP contribution in [0.2, 0.25) is 0 Å². The molecule has 0 spiro atoms. The lowest BCUT2D eigenvalue weighted by Gasteiger charge is -2.26. The first-order valence-corrected chi connectivity index (χ1v) is 12.9. The number of aryl methyl sites for hydroxylation is 1. The van der Waals surface area contributed by atoms with Crippen molar-refractivity contribution < 1.29 is 23.4 Å². The van der Waals surface area contributed by atoms with Crippen LogP contribution >= 0.6 is 0 Å². The summed E-state index contributed by atoms with van der Waals surface area (Å²) in [5.41, 5.74) is 2.64. The molecular formula is C27H32N2O5S. The van der Waals surface area contributed by atoms with Crippen LogP contribution in [0.4, 0.5) is 0 Å². The lowest BCUT2D eigenvalue weighted by Crippen LogP contribution is -2.46. The number of amides is 1. The zero-order chi connectivity index (χ0) is 25.6. The van der Waals surface area contributed by atoms with Crippen LogP contribution < -0.4 is 5.32 Å². The molecule has 0 unspecified atom stereocenters. The van der Waals surface area contributed by atoms with Crippen LogP contribution in [-0.2, 0) is 16.4 Å². The Morgan fingerprint density at radius 1 is 0.971 bits per heavy atom. The SMILES string of the molecule is Cc1ccc(S(=O)(=O)N(C)CC[C@@H](O)[C@H](Cc2ccccc2)NC(=O)c2cccc(O)c2C)cc1. The van der Waals surface area contributed by atoms with E-state index in [2.05, 4.69) is 5.32 Å². The maximum absolute atomic E-state index is 13.0. The number of benzene rings is 3. The smallest absolute Gasteiger partial charge is 0.252 e. The molecule has 1 amide bonds. The zero-order valence-corrected chi connectivity index (χ0v) is 21.0. The summed E-state index contributed by atoms with van der Waals surface area (Å²) >= 11 is 0. The Morgan fingerprint density at radius 2 is 1.63 bits per heavy atom. The molecule has 186 valence electrons. The van der Waals surface area contributed by atoms with Crippen LogP contribution in [0, 0.1) is 13.8 Å². The molecule has 0 aliphatic rings. The Morgan fingerprint density at radius 3 is 2.29 bits per heavy atom. The van der Waals surface area contributed by atoms with Gasteiger partial charge in [-0.25, -0.2) is 12.7 Å². The van der Waals surface area contributed by atoms with Gasteiger partial charge in [-0.3, -0.25) is 4.79 Å². The van der Waals surface area contributed by atoms with Gasteiger partial charge >= 0.3 is 0 Å². The largest absolute Gasteiger partial charge is 0.508 e. The Hall–Kier alpha value is -3.20. The van der Waals surface area contributed by atoms with Crippen LogP contribution in [0.25, 0.3) is 0 Å². The van der Waals surface area contributed by atoms with Gasteiger partial charge in [0.1, 0.15) is 5.75 Å². The predicted molar refractivity (Wildman–Crippen MR) is 136 cm³/mol. The Bertz CT molecular complexity index is 1240. The van der Waals surface area contributed by atoms with E-state index in [0.29, 0.717) is 17.5 Å². The van der Waals surface area contributed by atoms with E-state index in [1.54, 1.807) is 43.3 Å². The second-order valence-electron chi connectivity index (χ2n) is 8.72. The summed E-state index contributed by atoms with van der Waals surface area (Å²) in [6, 6.07) is 20.1. The summed E-state index contributed by atoms with van der Waals surface area (Å²) in [4.78, 5) is 13.2. The minimum Gasteiger partial charge on any atom is -0.508 e. The molecule has 7 nitrogen and oxygen atoms in total. The first kappa shape index (κ1) is 26.4. The first-order chi connectivity index (χ1) is 16.6. The molecule has 35 heavy (non-hydrogen) atoms. The van der Waals surface area contributed by atoms with Crippen LogP contribution in [0.15, 0.2) is 77.7 Å². The number of aliphatic hydroxyl groups excluding tert-OH is 1. The second kappa shape index (κ2) is 11.5. The average Bonchev–Trinajstić information content (AvgIpc) is 2.84. The highest BCUT2D eigenvalue weighted by Crippen LogP contribution is 2.21. The fourth-order valence-corrected chi connectivity index (χ4v) is 4.98. The van der Waals surface area contributed by atoms with Gasteiger partial charge in [0.15, 0.2) is 0 Å². The molecule has 3 aromatic carbocycles. The van der Waals surface area contributed by atoms with Gasteiger partial charge in [0.2, 0.25) is 10.0 Å². The van der Waals surface area contributed by atoms with E-state index in [1.807, 2.05) is 37.3 Å². The third-order valence-corrected chi connectivity index (χ3v) is 7.97. The number of nitrogens with one attached hydrogen (secondary N) is 1. The van der Waals surface area contributed by atoms with E-state index in [4.69, 9.17) is 0 Å². The average molecular weight is 497 g/mol. The van der Waals surface area contributed by atoms with Crippen molar-refractivity contribution in [3.63, 3.8) is 0 Å². The van der Waals surface area contributed by atoms with Crippen molar-refractivity contribution in [2.24, 2.45) is 0 Å². The molecule has 0 aromatic heterocycles. The normalized spacial score (nSPS) is 13.4. The number of sulfonamides is 1. The van der Waals surface area contributed by atoms with E-state index < -0.39 is 28.1 Å². The van der Waals surface area contributed by atoms with Crippen LogP contribution in [0.1, 0.15) is 33.5 Å². The van der Waals surface area contributed by atoms with E-state index in [1.165, 1.54) is 17.4 Å². The van der Waals surface area contributed by atoms with Crippen LogP contribution in [0.3, 0.4) is 0 Å². The summed E-state index contributed by atoms with van der Waals surface area (Å²) in [5, 5.41) is 23.9. The molecule has 0 radical (unpaired) electrons. The van der Waals surface area contributed by atoms with Gasteiger partial charge in [0.25, 0.3) is 5.91 Å². The highest BCUT2D eigenvalue weighted by molar-refractivity contribution is 7.89. The number of carbonyl (C=O) groups excluding carboxylic acids is 1. The van der Waals surface area contributed by atoms with E-state index in [-0.39, 0.29) is 23.6 Å². The molecule has 0 heterocycles. The maximum Gasteiger partial charge on any atom is 0.252 e. The second-order valence-corrected chi connectivity index (χ2v) is 10.8. The molecule has 3 rings (SSSR count). The molecule has 0 aliphatic heterocycles. The number of aromatic hydroxyl groups is 1. The van der Waals surface area contributed by atoms with Gasteiger partial charge in [-0.2, -0.15) is 0 Å². The van der Waals surface area contributed by atoms with E-state index in [9.17, 15) is 23.4 Å². The number of rotatable bonds is 10. The number of carbonyl (C=O) groups is 1. The quantitative estimate of drug-likeness (QED) is 0.399. The molecule has 0 bridgehead atoms. The Balaban J connectivity index is 1.74. The molecule has 8 heteroatoms. The van der Waals surface area contributed by atoms with Crippen molar-refractivity contribution >= 4 is 15.9 Å². The Labute approximate surface area is 207 Å². The topological polar surface area (TPSA) is 107 Å². The highest BCUT2D eigenvalue weighted by Gasteiger charge is 2.26. The van der Waals surface area contributed by atoms with Gasteiger partial charge in [-0.05, 0) is 56.5 Å². The summed E-state index contributed by atoms with van der Waals surface area (Å²) < 4.78 is 27.0. The molecule has 2 atom stereocenters. The van der Waals surface area contributed by atoms with Crippen molar-refractivity contribution in [2.75, 3.05) is 13.6 Å². The zero-order valence-electron chi connectivity index (χ0n) is 20.2. The molecule has 0 saturated heterocycles. The van der Waals surface area contributed by atoms with Crippen LogP contribution in [0.5, 0.6) is 5.75 Å². The summed E-state index contributed by atoms with van der Waals surface area (Å²) in [6.07, 6.45) is -0.522. The van der Waals surface area contributed by atoms with E-state index >= 15 is 0 Å². The van der Waals surface area contributed by atoms with Crippen molar-refractivity contribution in [3.8, 4) is 5.75 Å². The van der Waals surface area contributed by atoms with Crippen LogP contribution in [-0.4, -0.2) is 54.6 Å². The van der Waals surface area contributed by atoms with Gasteiger partial charge < -0.3 is 15.5 Å². The lowest BCUT2D eigenvalue weighted by molar-refractivity contribution is 0.0803. The van der Waals surface area contributed by atoms with Crippen molar-refractivity contribution in [1.29, 1.82) is 0 Å². The van der Waals surface area contributed by atoms with Gasteiger partial charge in [-0.1, -0.05) is 54.1 Å². The molecule has 3 N–H and O–H groups in total. The highest BCUT2D eigenvalue weighted by atomic mass is 32.2. The molecule has 0 saturated carbocycles. The number of hydrogen-bond donors (Lipinski definition) is 3. The molecule has 3 aromatic rings. The van der Waals surface area contributed by atoms with E-state index in [0.717, 1.165) is 11.1 Å². The Kier molecular flexibility index (Phi) is 8.67. The predicted octanol–water partition coefficient (Wildman–Crippen LogP) is 3.42. The number of aliphatic hydroxyl groups is 1. The first-order valence-electron chi connectivity index (χ1n) is 11.4. The number of phenols is 1. The monoisotopic (exact) mass is 496 g/mol. The maximum atomic E-state index is 13.0. The van der Waals surface area contributed by atoms with Crippen molar-refractivity contribution in [1.82, 2.24) is 9.62 Å². The summed E-state index contributed by atoms with van der Waals surface area (Å²) in [7, 11) is -2.23. The minimum absolute atomic E-state index is 0.0146. The van der Waals surface area contributed by atoms with Crippen molar-refractivity contribution in [2.45, 2.75) is 43.7 Å².